The van der Waals surface area contributed by atoms with Crippen LogP contribution >= 0.6 is 0 Å². The van der Waals surface area contributed by atoms with E-state index in [1.165, 1.54) is 6.07 Å². The lowest BCUT2D eigenvalue weighted by Crippen LogP contribution is -2.21. The Bertz CT molecular complexity index is 302. The van der Waals surface area contributed by atoms with E-state index in [2.05, 4.69) is 12.2 Å². The highest BCUT2D eigenvalue weighted by Gasteiger charge is 1.99. The van der Waals surface area contributed by atoms with Gasteiger partial charge in [0.1, 0.15) is 18.2 Å². The average molecular weight is 211 g/mol. The van der Waals surface area contributed by atoms with E-state index in [1.807, 2.05) is 0 Å². The molecule has 0 aliphatic heterocycles. The molecular formula is C12H18FNO. The standard InChI is InChI=1S/C12H18FNO/c1-3-6-14-7-8-15-11-4-5-12(13)10(2)9-11/h4-5,9,14H,3,6-8H2,1-2H3. The second kappa shape index (κ2) is 6.40. The fourth-order valence-electron chi connectivity index (χ4n) is 1.25. The van der Waals surface area contributed by atoms with Gasteiger partial charge in [-0.3, -0.25) is 0 Å². The van der Waals surface area contributed by atoms with Crippen LogP contribution in [-0.2, 0) is 0 Å². The highest BCUT2D eigenvalue weighted by atomic mass is 19.1. The van der Waals surface area contributed by atoms with Crippen molar-refractivity contribution in [2.24, 2.45) is 0 Å². The Kier molecular flexibility index (Phi) is 5.12. The summed E-state index contributed by atoms with van der Waals surface area (Å²) >= 11 is 0. The molecular weight excluding hydrogens is 193 g/mol. The summed E-state index contributed by atoms with van der Waals surface area (Å²) in [6, 6.07) is 4.81. The lowest BCUT2D eigenvalue weighted by Gasteiger charge is -2.07. The maximum absolute atomic E-state index is 12.9. The minimum atomic E-state index is -0.188. The molecule has 3 heteroatoms. The number of benzene rings is 1. The molecule has 0 fully saturated rings. The molecule has 15 heavy (non-hydrogen) atoms. The minimum absolute atomic E-state index is 0.188. The van der Waals surface area contributed by atoms with Gasteiger partial charge in [-0.25, -0.2) is 4.39 Å². The van der Waals surface area contributed by atoms with Crippen LogP contribution in [0.2, 0.25) is 0 Å². The normalized spacial score (nSPS) is 10.3. The molecule has 1 N–H and O–H groups in total. The van der Waals surface area contributed by atoms with Crippen LogP contribution in [0.4, 0.5) is 4.39 Å². The summed E-state index contributed by atoms with van der Waals surface area (Å²) in [6.07, 6.45) is 1.12. The van der Waals surface area contributed by atoms with Gasteiger partial charge in [0.05, 0.1) is 0 Å². The van der Waals surface area contributed by atoms with Gasteiger partial charge in [0, 0.05) is 6.54 Å². The molecule has 0 unspecified atom stereocenters. The Balaban J connectivity index is 2.28. The zero-order valence-electron chi connectivity index (χ0n) is 9.35. The van der Waals surface area contributed by atoms with Gasteiger partial charge in [-0.1, -0.05) is 6.92 Å². The topological polar surface area (TPSA) is 21.3 Å². The van der Waals surface area contributed by atoms with E-state index in [0.29, 0.717) is 12.2 Å². The van der Waals surface area contributed by atoms with E-state index >= 15 is 0 Å². The number of nitrogens with one attached hydrogen (secondary N) is 1. The van der Waals surface area contributed by atoms with Crippen LogP contribution in [0.3, 0.4) is 0 Å². The highest BCUT2D eigenvalue weighted by molar-refractivity contribution is 5.28. The molecule has 0 radical (unpaired) electrons. The first kappa shape index (κ1) is 12.0. The van der Waals surface area contributed by atoms with Gasteiger partial charge in [0.2, 0.25) is 0 Å². The zero-order chi connectivity index (χ0) is 11.1. The molecule has 1 aromatic rings. The quantitative estimate of drug-likeness (QED) is 0.730. The first-order valence-electron chi connectivity index (χ1n) is 5.33. The fraction of sp³-hybridized carbons (Fsp3) is 0.500. The zero-order valence-corrected chi connectivity index (χ0v) is 9.35. The molecule has 0 amide bonds. The monoisotopic (exact) mass is 211 g/mol. The van der Waals surface area contributed by atoms with E-state index in [4.69, 9.17) is 4.74 Å². The van der Waals surface area contributed by atoms with Crippen molar-refractivity contribution >= 4 is 0 Å². The van der Waals surface area contributed by atoms with Crippen molar-refractivity contribution in [1.29, 1.82) is 0 Å². The Labute approximate surface area is 90.4 Å². The highest BCUT2D eigenvalue weighted by Crippen LogP contribution is 2.15. The summed E-state index contributed by atoms with van der Waals surface area (Å²) in [5.41, 5.74) is 0.619. The van der Waals surface area contributed by atoms with E-state index in [9.17, 15) is 4.39 Å². The van der Waals surface area contributed by atoms with Crippen molar-refractivity contribution in [2.75, 3.05) is 19.7 Å². The summed E-state index contributed by atoms with van der Waals surface area (Å²) in [5.74, 6) is 0.540. The number of rotatable bonds is 6. The van der Waals surface area contributed by atoms with E-state index in [-0.39, 0.29) is 5.82 Å². The smallest absolute Gasteiger partial charge is 0.126 e. The van der Waals surface area contributed by atoms with Crippen molar-refractivity contribution in [3.05, 3.63) is 29.6 Å². The predicted molar refractivity (Wildman–Crippen MR) is 59.8 cm³/mol. The maximum Gasteiger partial charge on any atom is 0.126 e. The molecule has 0 bridgehead atoms. The first-order valence-corrected chi connectivity index (χ1v) is 5.33. The Morgan fingerprint density at radius 1 is 1.33 bits per heavy atom. The number of aryl methyl sites for hydroxylation is 1. The lowest BCUT2D eigenvalue weighted by atomic mass is 10.2. The average Bonchev–Trinajstić information content (AvgIpc) is 2.23. The van der Waals surface area contributed by atoms with Crippen LogP contribution in [-0.4, -0.2) is 19.7 Å². The van der Waals surface area contributed by atoms with E-state index in [1.54, 1.807) is 19.1 Å². The Hall–Kier alpha value is -1.09. The van der Waals surface area contributed by atoms with Gasteiger partial charge in [-0.05, 0) is 43.7 Å². The van der Waals surface area contributed by atoms with E-state index < -0.39 is 0 Å². The predicted octanol–water partition coefficient (Wildman–Crippen LogP) is 2.51. The third-order valence-electron chi connectivity index (χ3n) is 2.10. The Morgan fingerprint density at radius 2 is 2.13 bits per heavy atom. The Morgan fingerprint density at radius 3 is 2.80 bits per heavy atom. The molecule has 0 spiro atoms. The van der Waals surface area contributed by atoms with Crippen molar-refractivity contribution in [3.8, 4) is 5.75 Å². The molecule has 1 rings (SSSR count). The van der Waals surface area contributed by atoms with Gasteiger partial charge < -0.3 is 10.1 Å². The van der Waals surface area contributed by atoms with Crippen molar-refractivity contribution in [2.45, 2.75) is 20.3 Å². The third kappa shape index (κ3) is 4.30. The second-order valence-corrected chi connectivity index (χ2v) is 3.51. The summed E-state index contributed by atoms with van der Waals surface area (Å²) < 4.78 is 18.4. The van der Waals surface area contributed by atoms with Gasteiger partial charge >= 0.3 is 0 Å². The minimum Gasteiger partial charge on any atom is -0.492 e. The van der Waals surface area contributed by atoms with Crippen molar-refractivity contribution < 1.29 is 9.13 Å². The van der Waals surface area contributed by atoms with Gasteiger partial charge in [-0.2, -0.15) is 0 Å². The van der Waals surface area contributed by atoms with Crippen molar-refractivity contribution in [1.82, 2.24) is 5.32 Å². The summed E-state index contributed by atoms with van der Waals surface area (Å²) in [7, 11) is 0. The SMILES string of the molecule is CCCNCCOc1ccc(F)c(C)c1. The molecule has 0 heterocycles. The molecule has 0 atom stereocenters. The molecule has 0 saturated heterocycles. The number of hydrogen-bond acceptors (Lipinski definition) is 2. The molecule has 2 nitrogen and oxygen atoms in total. The summed E-state index contributed by atoms with van der Waals surface area (Å²) in [5, 5.41) is 3.23. The van der Waals surface area contributed by atoms with E-state index in [0.717, 1.165) is 25.3 Å². The maximum atomic E-state index is 12.9. The first-order chi connectivity index (χ1) is 7.24. The van der Waals surface area contributed by atoms with Gasteiger partial charge in [0.15, 0.2) is 0 Å². The van der Waals surface area contributed by atoms with Gasteiger partial charge in [0.25, 0.3) is 0 Å². The van der Waals surface area contributed by atoms with Crippen LogP contribution in [0, 0.1) is 12.7 Å². The summed E-state index contributed by atoms with van der Waals surface area (Å²) in [4.78, 5) is 0. The molecule has 0 aromatic heterocycles. The van der Waals surface area contributed by atoms with Crippen LogP contribution < -0.4 is 10.1 Å². The summed E-state index contributed by atoms with van der Waals surface area (Å²) in [6.45, 7) is 6.30. The molecule has 0 saturated carbocycles. The fourth-order valence-corrected chi connectivity index (χ4v) is 1.25. The van der Waals surface area contributed by atoms with Gasteiger partial charge in [-0.15, -0.1) is 0 Å². The van der Waals surface area contributed by atoms with Crippen LogP contribution in [0.1, 0.15) is 18.9 Å². The van der Waals surface area contributed by atoms with Crippen molar-refractivity contribution in [3.63, 3.8) is 0 Å². The molecule has 1 aromatic carbocycles. The molecule has 84 valence electrons. The lowest BCUT2D eigenvalue weighted by molar-refractivity contribution is 0.313. The second-order valence-electron chi connectivity index (χ2n) is 3.51. The molecule has 0 aliphatic carbocycles. The molecule has 0 aliphatic rings. The van der Waals surface area contributed by atoms with Crippen LogP contribution in [0.15, 0.2) is 18.2 Å². The number of ether oxygens (including phenoxy) is 1. The number of hydrogen-bond donors (Lipinski definition) is 1. The number of halogens is 1. The largest absolute Gasteiger partial charge is 0.492 e. The third-order valence-corrected chi connectivity index (χ3v) is 2.10. The van der Waals surface area contributed by atoms with Crippen LogP contribution in [0.5, 0.6) is 5.75 Å². The van der Waals surface area contributed by atoms with Crippen LogP contribution in [0.25, 0.3) is 0 Å².